The van der Waals surface area contributed by atoms with Crippen LogP contribution in [0.25, 0.3) is 0 Å². The van der Waals surface area contributed by atoms with Gasteiger partial charge in [-0.1, -0.05) is 0 Å². The molecule has 106 valence electrons. The minimum atomic E-state index is -3.40. The molecule has 2 heterocycles. The van der Waals surface area contributed by atoms with Gasteiger partial charge in [0.2, 0.25) is 0 Å². The van der Waals surface area contributed by atoms with Crippen LogP contribution in [0.2, 0.25) is 0 Å². The number of rotatable bonds is 2. The summed E-state index contributed by atoms with van der Waals surface area (Å²) in [6, 6.07) is 1.72. The van der Waals surface area contributed by atoms with Crippen molar-refractivity contribution in [2.24, 2.45) is 11.8 Å². The summed E-state index contributed by atoms with van der Waals surface area (Å²) in [4.78, 5) is 0. The lowest BCUT2D eigenvalue weighted by atomic mass is 10.00. The molecule has 1 saturated heterocycles. The molecule has 3 unspecified atom stereocenters. The Bertz CT molecular complexity index is 579. The van der Waals surface area contributed by atoms with Gasteiger partial charge in [0.25, 0.3) is 10.0 Å². The molecule has 3 atom stereocenters. The average Bonchev–Trinajstić information content (AvgIpc) is 2.99. The van der Waals surface area contributed by atoms with Gasteiger partial charge in [0.15, 0.2) is 0 Å². The highest BCUT2D eigenvalue weighted by Crippen LogP contribution is 2.41. The Labute approximate surface area is 125 Å². The van der Waals surface area contributed by atoms with Crippen LogP contribution in [0.15, 0.2) is 14.1 Å². The lowest BCUT2D eigenvalue weighted by Crippen LogP contribution is -2.30. The summed E-state index contributed by atoms with van der Waals surface area (Å²) >= 11 is 4.63. The largest absolute Gasteiger partial charge is 0.393 e. The van der Waals surface area contributed by atoms with Crippen LogP contribution in [-0.2, 0) is 10.0 Å². The van der Waals surface area contributed by atoms with Crippen LogP contribution < -0.4 is 0 Å². The van der Waals surface area contributed by atoms with Crippen LogP contribution in [0.1, 0.15) is 18.4 Å². The topological polar surface area (TPSA) is 57.6 Å². The van der Waals surface area contributed by atoms with Crippen LogP contribution in [0, 0.1) is 18.8 Å². The maximum atomic E-state index is 12.6. The minimum Gasteiger partial charge on any atom is -0.393 e. The van der Waals surface area contributed by atoms with Crippen LogP contribution in [0.3, 0.4) is 0 Å². The Balaban J connectivity index is 1.86. The van der Waals surface area contributed by atoms with E-state index in [2.05, 4.69) is 15.9 Å². The molecule has 1 aliphatic heterocycles. The van der Waals surface area contributed by atoms with E-state index in [4.69, 9.17) is 0 Å². The molecule has 2 aliphatic rings. The van der Waals surface area contributed by atoms with Gasteiger partial charge in [0.05, 0.1) is 9.89 Å². The highest BCUT2D eigenvalue weighted by atomic mass is 79.9. The molecule has 0 aromatic carbocycles. The maximum Gasteiger partial charge on any atom is 0.252 e. The highest BCUT2D eigenvalue weighted by Gasteiger charge is 2.46. The standard InChI is InChI=1S/C12H16BrNO3S2/c1-7-4-11(18-12(7)13)19(16,17)14-5-8-2-3-10(15)9(8)6-14/h4,8-10,15H,2-3,5-6H2,1H3. The molecule has 7 heteroatoms. The van der Waals surface area contributed by atoms with Crippen LogP contribution >= 0.6 is 27.3 Å². The molecule has 19 heavy (non-hydrogen) atoms. The van der Waals surface area contributed by atoms with E-state index in [1.54, 1.807) is 10.4 Å². The van der Waals surface area contributed by atoms with Crippen molar-refractivity contribution in [1.82, 2.24) is 4.31 Å². The maximum absolute atomic E-state index is 12.6. The van der Waals surface area contributed by atoms with Gasteiger partial charge in [-0.2, -0.15) is 4.31 Å². The number of fused-ring (bicyclic) bond motifs is 1. The zero-order valence-corrected chi connectivity index (χ0v) is 13.8. The second-order valence-corrected chi connectivity index (χ2v) is 9.95. The van der Waals surface area contributed by atoms with E-state index in [9.17, 15) is 13.5 Å². The molecule has 0 radical (unpaired) electrons. The first-order valence-corrected chi connectivity index (χ1v) is 9.38. The van der Waals surface area contributed by atoms with E-state index in [1.165, 1.54) is 11.3 Å². The highest BCUT2D eigenvalue weighted by molar-refractivity contribution is 9.11. The smallest absolute Gasteiger partial charge is 0.252 e. The predicted octanol–water partition coefficient (Wildman–Crippen LogP) is 2.21. The number of thiophene rings is 1. The molecule has 0 amide bonds. The number of halogens is 1. The van der Waals surface area contributed by atoms with Crippen molar-refractivity contribution in [3.63, 3.8) is 0 Å². The molecule has 2 fully saturated rings. The minimum absolute atomic E-state index is 0.124. The molecular weight excluding hydrogens is 350 g/mol. The van der Waals surface area contributed by atoms with Gasteiger partial charge < -0.3 is 5.11 Å². The molecular formula is C12H16BrNO3S2. The fourth-order valence-corrected chi connectivity index (χ4v) is 6.99. The van der Waals surface area contributed by atoms with Gasteiger partial charge in [-0.05, 0) is 53.2 Å². The van der Waals surface area contributed by atoms with Gasteiger partial charge in [0, 0.05) is 19.0 Å². The first kappa shape index (κ1) is 14.0. The third-order valence-electron chi connectivity index (χ3n) is 4.21. The number of aliphatic hydroxyl groups is 1. The summed E-state index contributed by atoms with van der Waals surface area (Å²) in [5.74, 6) is 0.452. The molecule has 1 N–H and O–H groups in total. The normalized spacial score (nSPS) is 31.8. The van der Waals surface area contributed by atoms with E-state index in [0.29, 0.717) is 23.2 Å². The number of hydrogen-bond acceptors (Lipinski definition) is 4. The van der Waals surface area contributed by atoms with Gasteiger partial charge in [0.1, 0.15) is 4.21 Å². The summed E-state index contributed by atoms with van der Waals surface area (Å²) in [6.07, 6.45) is 1.42. The summed E-state index contributed by atoms with van der Waals surface area (Å²) in [6.45, 7) is 2.91. The fourth-order valence-electron chi connectivity index (χ4n) is 3.08. The van der Waals surface area contributed by atoms with Crippen molar-refractivity contribution in [2.75, 3.05) is 13.1 Å². The molecule has 0 spiro atoms. The quantitative estimate of drug-likeness (QED) is 0.873. The molecule has 0 bridgehead atoms. The second kappa shape index (κ2) is 4.80. The summed E-state index contributed by atoms with van der Waals surface area (Å²) < 4.78 is 27.9. The van der Waals surface area contributed by atoms with E-state index >= 15 is 0 Å². The Morgan fingerprint density at radius 2 is 2.16 bits per heavy atom. The molecule has 1 aliphatic carbocycles. The molecule has 1 aromatic heterocycles. The number of hydrogen-bond donors (Lipinski definition) is 1. The Morgan fingerprint density at radius 1 is 1.42 bits per heavy atom. The Hall–Kier alpha value is 0.0500. The Morgan fingerprint density at radius 3 is 2.74 bits per heavy atom. The summed E-state index contributed by atoms with van der Waals surface area (Å²) in [5.41, 5.74) is 0.947. The first-order chi connectivity index (χ1) is 8.89. The zero-order valence-electron chi connectivity index (χ0n) is 10.5. The lowest BCUT2D eigenvalue weighted by molar-refractivity contribution is 0.129. The van der Waals surface area contributed by atoms with Crippen molar-refractivity contribution in [1.29, 1.82) is 0 Å². The van der Waals surface area contributed by atoms with Crippen LogP contribution in [0.5, 0.6) is 0 Å². The van der Waals surface area contributed by atoms with Crippen LogP contribution in [0.4, 0.5) is 0 Å². The van der Waals surface area contributed by atoms with E-state index in [1.807, 2.05) is 6.92 Å². The van der Waals surface area contributed by atoms with Gasteiger partial charge in [-0.15, -0.1) is 11.3 Å². The van der Waals surface area contributed by atoms with Gasteiger partial charge in [-0.3, -0.25) is 0 Å². The van der Waals surface area contributed by atoms with Crippen molar-refractivity contribution in [3.8, 4) is 0 Å². The lowest BCUT2D eigenvalue weighted by Gasteiger charge is -2.17. The number of aryl methyl sites for hydroxylation is 1. The van der Waals surface area contributed by atoms with Crippen molar-refractivity contribution in [2.45, 2.75) is 30.1 Å². The predicted molar refractivity (Wildman–Crippen MR) is 77.7 cm³/mol. The number of sulfonamides is 1. The monoisotopic (exact) mass is 365 g/mol. The second-order valence-electron chi connectivity index (χ2n) is 5.41. The van der Waals surface area contributed by atoms with E-state index in [-0.39, 0.29) is 12.0 Å². The zero-order chi connectivity index (χ0) is 13.8. The van der Waals surface area contributed by atoms with Crippen molar-refractivity contribution < 1.29 is 13.5 Å². The van der Waals surface area contributed by atoms with Gasteiger partial charge in [-0.25, -0.2) is 8.42 Å². The third-order valence-corrected chi connectivity index (χ3v) is 8.63. The Kier molecular flexibility index (Phi) is 3.54. The number of nitrogens with zero attached hydrogens (tertiary/aromatic N) is 1. The molecule has 3 rings (SSSR count). The first-order valence-electron chi connectivity index (χ1n) is 6.33. The van der Waals surface area contributed by atoms with Crippen LogP contribution in [-0.4, -0.2) is 37.0 Å². The SMILES string of the molecule is Cc1cc(S(=O)(=O)N2CC3CCC(O)C3C2)sc1Br. The van der Waals surface area contributed by atoms with Gasteiger partial charge >= 0.3 is 0 Å². The van der Waals surface area contributed by atoms with Crippen molar-refractivity contribution in [3.05, 3.63) is 15.4 Å². The third kappa shape index (κ3) is 2.29. The summed E-state index contributed by atoms with van der Waals surface area (Å²) in [7, 11) is -3.40. The molecule has 1 aromatic rings. The molecule has 4 nitrogen and oxygen atoms in total. The average molecular weight is 366 g/mol. The summed E-state index contributed by atoms with van der Waals surface area (Å²) in [5, 5.41) is 9.88. The van der Waals surface area contributed by atoms with E-state index in [0.717, 1.165) is 22.2 Å². The molecule has 1 saturated carbocycles. The van der Waals surface area contributed by atoms with Crippen molar-refractivity contribution >= 4 is 37.3 Å². The number of aliphatic hydroxyl groups excluding tert-OH is 1. The fraction of sp³-hybridized carbons (Fsp3) is 0.667. The van der Waals surface area contributed by atoms with E-state index < -0.39 is 10.0 Å².